The fourth-order valence-corrected chi connectivity index (χ4v) is 0.720. The van der Waals surface area contributed by atoms with E-state index >= 15 is 0 Å². The van der Waals surface area contributed by atoms with Crippen molar-refractivity contribution in [1.82, 2.24) is 4.90 Å². The molecule has 0 atom stereocenters. The van der Waals surface area contributed by atoms with Gasteiger partial charge in [-0.15, -0.1) is 0 Å². The molecule has 11 heavy (non-hydrogen) atoms. The Balaban J connectivity index is 3.28. The summed E-state index contributed by atoms with van der Waals surface area (Å²) in [6.07, 6.45) is 1.64. The topological polar surface area (TPSA) is 36.3 Å². The maximum atomic E-state index is 6.99. The highest BCUT2D eigenvalue weighted by molar-refractivity contribution is 5.50. The van der Waals surface area contributed by atoms with Gasteiger partial charge in [0.1, 0.15) is 0 Å². The molecule has 0 spiro atoms. The molecule has 0 saturated heterocycles. The SMILES string of the molecule is CCN(C=N)CCOC(C)C. The number of hydrogen-bond donors (Lipinski definition) is 1. The molecule has 0 heterocycles. The molecule has 0 rings (SSSR count). The molecule has 0 radical (unpaired) electrons. The molecule has 0 aliphatic heterocycles. The first-order valence-corrected chi connectivity index (χ1v) is 4.07. The number of nitrogens with one attached hydrogen (secondary N) is 1. The summed E-state index contributed by atoms with van der Waals surface area (Å²) >= 11 is 0. The average Bonchev–Trinajstić information content (AvgIpc) is 1.98. The van der Waals surface area contributed by atoms with Crippen molar-refractivity contribution in [3.8, 4) is 0 Å². The molecule has 3 heteroatoms. The molecule has 0 fully saturated rings. The highest BCUT2D eigenvalue weighted by Crippen LogP contribution is 1.88. The van der Waals surface area contributed by atoms with E-state index in [9.17, 15) is 0 Å². The van der Waals surface area contributed by atoms with Gasteiger partial charge in [-0.05, 0) is 20.8 Å². The largest absolute Gasteiger partial charge is 0.377 e. The normalized spacial score (nSPS) is 10.2. The molecule has 0 aliphatic carbocycles. The molecule has 0 unspecified atom stereocenters. The van der Waals surface area contributed by atoms with Gasteiger partial charge in [0, 0.05) is 13.1 Å². The lowest BCUT2D eigenvalue weighted by atomic mass is 10.5. The van der Waals surface area contributed by atoms with E-state index in [1.54, 1.807) is 0 Å². The van der Waals surface area contributed by atoms with E-state index in [1.807, 2.05) is 25.7 Å². The lowest BCUT2D eigenvalue weighted by Gasteiger charge is -2.16. The summed E-state index contributed by atoms with van der Waals surface area (Å²) in [5, 5.41) is 6.99. The molecular weight excluding hydrogens is 140 g/mol. The molecule has 1 N–H and O–H groups in total. The van der Waals surface area contributed by atoms with E-state index in [2.05, 4.69) is 0 Å². The summed E-state index contributed by atoms with van der Waals surface area (Å²) in [6.45, 7) is 8.46. The summed E-state index contributed by atoms with van der Waals surface area (Å²) in [7, 11) is 0. The number of nitrogens with zero attached hydrogens (tertiary/aromatic N) is 1. The van der Waals surface area contributed by atoms with E-state index in [4.69, 9.17) is 10.1 Å². The Kier molecular flexibility index (Phi) is 5.84. The van der Waals surface area contributed by atoms with Crippen LogP contribution in [0.2, 0.25) is 0 Å². The van der Waals surface area contributed by atoms with Crippen LogP contribution in [0.25, 0.3) is 0 Å². The van der Waals surface area contributed by atoms with Crippen molar-refractivity contribution in [1.29, 1.82) is 5.41 Å². The molecule has 0 aromatic heterocycles. The van der Waals surface area contributed by atoms with E-state index in [-0.39, 0.29) is 0 Å². The summed E-state index contributed by atoms with van der Waals surface area (Å²) in [5.41, 5.74) is 0. The van der Waals surface area contributed by atoms with Gasteiger partial charge in [0.2, 0.25) is 0 Å². The van der Waals surface area contributed by atoms with Gasteiger partial charge in [0.05, 0.1) is 19.0 Å². The highest BCUT2D eigenvalue weighted by Gasteiger charge is 1.96. The third-order valence-corrected chi connectivity index (χ3v) is 1.42. The van der Waals surface area contributed by atoms with E-state index in [1.165, 1.54) is 6.34 Å². The standard InChI is InChI=1S/C8H18N2O/c1-4-10(7-9)5-6-11-8(2)3/h7-9H,4-6H2,1-3H3. The zero-order valence-corrected chi connectivity index (χ0v) is 7.63. The van der Waals surface area contributed by atoms with Crippen LogP contribution in [-0.2, 0) is 4.74 Å². The van der Waals surface area contributed by atoms with Crippen LogP contribution in [0, 0.1) is 5.41 Å². The smallest absolute Gasteiger partial charge is 0.0817 e. The van der Waals surface area contributed by atoms with Gasteiger partial charge in [-0.3, -0.25) is 5.41 Å². The van der Waals surface area contributed by atoms with Crippen LogP contribution in [0.3, 0.4) is 0 Å². The lowest BCUT2D eigenvalue weighted by Crippen LogP contribution is -2.26. The first kappa shape index (κ1) is 10.4. The molecule has 0 bridgehead atoms. The maximum absolute atomic E-state index is 6.99. The average molecular weight is 158 g/mol. The summed E-state index contributed by atoms with van der Waals surface area (Å²) in [5.74, 6) is 0. The van der Waals surface area contributed by atoms with Crippen molar-refractivity contribution in [3.63, 3.8) is 0 Å². The molecule has 66 valence electrons. The van der Waals surface area contributed by atoms with Crippen LogP contribution in [0.4, 0.5) is 0 Å². The van der Waals surface area contributed by atoms with Gasteiger partial charge in [-0.1, -0.05) is 0 Å². The van der Waals surface area contributed by atoms with Crippen LogP contribution >= 0.6 is 0 Å². The zero-order chi connectivity index (χ0) is 8.69. The fourth-order valence-electron chi connectivity index (χ4n) is 0.720. The monoisotopic (exact) mass is 158 g/mol. The summed E-state index contributed by atoms with van der Waals surface area (Å²) in [4.78, 5) is 1.91. The van der Waals surface area contributed by atoms with Crippen molar-refractivity contribution in [2.45, 2.75) is 26.9 Å². The van der Waals surface area contributed by atoms with Gasteiger partial charge in [-0.25, -0.2) is 0 Å². The molecule has 0 amide bonds. The van der Waals surface area contributed by atoms with Crippen LogP contribution in [0.1, 0.15) is 20.8 Å². The molecular formula is C8H18N2O. The molecule has 0 aromatic carbocycles. The Morgan fingerprint density at radius 1 is 1.55 bits per heavy atom. The van der Waals surface area contributed by atoms with Gasteiger partial charge in [0.15, 0.2) is 0 Å². The third kappa shape index (κ3) is 5.85. The predicted molar refractivity (Wildman–Crippen MR) is 47.1 cm³/mol. The highest BCUT2D eigenvalue weighted by atomic mass is 16.5. The van der Waals surface area contributed by atoms with Crippen LogP contribution < -0.4 is 0 Å². The van der Waals surface area contributed by atoms with Crippen LogP contribution in [-0.4, -0.2) is 37.0 Å². The Morgan fingerprint density at radius 3 is 2.55 bits per heavy atom. The number of ether oxygens (including phenoxy) is 1. The Labute approximate surface area is 68.9 Å². The first-order chi connectivity index (χ1) is 5.20. The fraction of sp³-hybridized carbons (Fsp3) is 0.875. The Hall–Kier alpha value is -0.570. The molecule has 0 aromatic rings. The first-order valence-electron chi connectivity index (χ1n) is 4.07. The second-order valence-electron chi connectivity index (χ2n) is 2.68. The number of likely N-dealkylation sites (N-methyl/N-ethyl adjacent to an activating group) is 1. The van der Waals surface area contributed by atoms with Crippen molar-refractivity contribution < 1.29 is 4.74 Å². The van der Waals surface area contributed by atoms with Gasteiger partial charge < -0.3 is 9.64 Å². The van der Waals surface area contributed by atoms with Crippen molar-refractivity contribution in [3.05, 3.63) is 0 Å². The minimum absolute atomic E-state index is 0.291. The minimum Gasteiger partial charge on any atom is -0.377 e. The van der Waals surface area contributed by atoms with Gasteiger partial charge >= 0.3 is 0 Å². The van der Waals surface area contributed by atoms with Crippen molar-refractivity contribution in [2.75, 3.05) is 19.7 Å². The lowest BCUT2D eigenvalue weighted by molar-refractivity contribution is 0.0709. The van der Waals surface area contributed by atoms with Crippen LogP contribution in [0.5, 0.6) is 0 Å². The zero-order valence-electron chi connectivity index (χ0n) is 7.63. The molecule has 0 saturated carbocycles. The summed E-state index contributed by atoms with van der Waals surface area (Å²) in [6, 6.07) is 0. The van der Waals surface area contributed by atoms with E-state index < -0.39 is 0 Å². The van der Waals surface area contributed by atoms with Gasteiger partial charge in [0.25, 0.3) is 0 Å². The Bertz CT molecular complexity index is 104. The van der Waals surface area contributed by atoms with E-state index in [0.717, 1.165) is 13.1 Å². The predicted octanol–water partition coefficient (Wildman–Crippen LogP) is 1.34. The van der Waals surface area contributed by atoms with Crippen molar-refractivity contribution >= 4 is 6.34 Å². The van der Waals surface area contributed by atoms with Crippen LogP contribution in [0.15, 0.2) is 0 Å². The molecule has 0 aliphatic rings. The number of hydrogen-bond acceptors (Lipinski definition) is 2. The van der Waals surface area contributed by atoms with E-state index in [0.29, 0.717) is 12.7 Å². The van der Waals surface area contributed by atoms with Crippen molar-refractivity contribution in [2.24, 2.45) is 0 Å². The maximum Gasteiger partial charge on any atom is 0.0817 e. The molecule has 3 nitrogen and oxygen atoms in total. The number of rotatable bonds is 6. The quantitative estimate of drug-likeness (QED) is 0.468. The van der Waals surface area contributed by atoms with Gasteiger partial charge in [-0.2, -0.15) is 0 Å². The third-order valence-electron chi connectivity index (χ3n) is 1.42. The second-order valence-corrected chi connectivity index (χ2v) is 2.68. The Morgan fingerprint density at radius 2 is 2.18 bits per heavy atom. The second kappa shape index (κ2) is 6.16. The summed E-state index contributed by atoms with van der Waals surface area (Å²) < 4.78 is 5.33. The minimum atomic E-state index is 0.291.